The largest absolute Gasteiger partial charge is 0.488 e. The summed E-state index contributed by atoms with van der Waals surface area (Å²) in [7, 11) is -3.04. The summed E-state index contributed by atoms with van der Waals surface area (Å²) in [4.78, 5) is 9.85. The van der Waals surface area contributed by atoms with E-state index in [2.05, 4.69) is 13.6 Å². The number of rotatable bonds is 3. The zero-order chi connectivity index (χ0) is 7.24. The van der Waals surface area contributed by atoms with Gasteiger partial charge >= 0.3 is 13.8 Å². The van der Waals surface area contributed by atoms with Crippen LogP contribution in [0, 0.1) is 0 Å². The van der Waals surface area contributed by atoms with Crippen LogP contribution < -0.4 is 0 Å². The maximum absolute atomic E-state index is 10.5. The Labute approximate surface area is 56.9 Å². The van der Waals surface area contributed by atoms with Gasteiger partial charge in [-0.2, -0.15) is 0 Å². The molecule has 3 aliphatic heterocycles. The summed E-state index contributed by atoms with van der Waals surface area (Å²) in [6, 6.07) is 0. The van der Waals surface area contributed by atoms with E-state index in [0.717, 1.165) is 6.29 Å². The van der Waals surface area contributed by atoms with E-state index in [1.165, 1.54) is 0 Å². The van der Waals surface area contributed by atoms with Gasteiger partial charge in [0.25, 0.3) is 0 Å². The first-order valence-electron chi connectivity index (χ1n) is 2.84. The summed E-state index contributed by atoms with van der Waals surface area (Å²) in [5, 5.41) is 0. The molecule has 6 heteroatoms. The van der Waals surface area contributed by atoms with E-state index in [1.54, 1.807) is 0 Å². The number of carbonyl (C=O) groups is 1. The van der Waals surface area contributed by atoms with Crippen LogP contribution in [-0.4, -0.2) is 12.3 Å². The van der Waals surface area contributed by atoms with Crippen LogP contribution in [0.15, 0.2) is 0 Å². The molecule has 3 saturated heterocycles. The number of aldehydes is 1. The van der Waals surface area contributed by atoms with Gasteiger partial charge in [-0.25, -0.2) is 18.1 Å². The number of hydrogen-bond donors (Lipinski definition) is 0. The Hall–Kier alpha value is -0.220. The third-order valence-electron chi connectivity index (χ3n) is 1.32. The molecule has 0 atom stereocenters. The lowest BCUT2D eigenvalue weighted by Gasteiger charge is -2.55. The number of hydrogen-bond acceptors (Lipinski definition) is 5. The third-order valence-corrected chi connectivity index (χ3v) is 2.83. The van der Waals surface area contributed by atoms with E-state index >= 15 is 0 Å². The Morgan fingerprint density at radius 3 is 2.40 bits per heavy atom. The fourth-order valence-electron chi connectivity index (χ4n) is 0.904. The molecule has 0 aliphatic carbocycles. The van der Waals surface area contributed by atoms with E-state index in [1.807, 2.05) is 0 Å². The zero-order valence-electron chi connectivity index (χ0n) is 4.98. The first-order valence-corrected chi connectivity index (χ1v) is 4.30. The molecule has 0 aromatic heterocycles. The number of phosphoric acid groups is 1. The molecule has 3 aliphatic rings. The quantitative estimate of drug-likeness (QED) is 0.456. The molecule has 3 heterocycles. The van der Waals surface area contributed by atoms with Gasteiger partial charge in [-0.05, 0) is 0 Å². The topological polar surface area (TPSA) is 61.8 Å². The van der Waals surface area contributed by atoms with Crippen LogP contribution in [0.3, 0.4) is 0 Å². The van der Waals surface area contributed by atoms with Crippen molar-refractivity contribution in [2.45, 2.75) is 18.8 Å². The minimum Gasteiger partial charge on any atom is -0.303 e. The Morgan fingerprint density at radius 1 is 1.40 bits per heavy atom. The van der Waals surface area contributed by atoms with Crippen LogP contribution in [-0.2, 0) is 22.9 Å². The standard InChI is InChI=1S/C4H5O5P/c5-3-1-2-4-7-10(6,8-4)9-4/h3H,1-2H2. The van der Waals surface area contributed by atoms with E-state index in [9.17, 15) is 9.36 Å². The van der Waals surface area contributed by atoms with Crippen LogP contribution in [0.1, 0.15) is 12.8 Å². The van der Waals surface area contributed by atoms with Crippen LogP contribution in [0.2, 0.25) is 0 Å². The van der Waals surface area contributed by atoms with Crippen molar-refractivity contribution in [1.29, 1.82) is 0 Å². The summed E-state index contributed by atoms with van der Waals surface area (Å²) in [5.74, 6) is -1.11. The van der Waals surface area contributed by atoms with Gasteiger partial charge in [0, 0.05) is 12.8 Å². The normalized spacial score (nSPS) is 49.2. The van der Waals surface area contributed by atoms with Crippen molar-refractivity contribution >= 4 is 14.1 Å². The Morgan fingerprint density at radius 2 is 2.00 bits per heavy atom. The molecule has 5 nitrogen and oxygen atoms in total. The average molecular weight is 164 g/mol. The minimum absolute atomic E-state index is 0.292. The van der Waals surface area contributed by atoms with Crippen LogP contribution >= 0.6 is 7.82 Å². The van der Waals surface area contributed by atoms with Gasteiger partial charge in [0.2, 0.25) is 0 Å². The molecule has 3 rings (SSSR count). The van der Waals surface area contributed by atoms with Crippen molar-refractivity contribution in [2.24, 2.45) is 0 Å². The first kappa shape index (κ1) is 6.49. The van der Waals surface area contributed by atoms with Crippen molar-refractivity contribution in [3.05, 3.63) is 0 Å². The second-order valence-electron chi connectivity index (χ2n) is 2.11. The van der Waals surface area contributed by atoms with Crippen LogP contribution in [0.25, 0.3) is 0 Å². The molecule has 0 saturated carbocycles. The molecule has 3 fully saturated rings. The van der Waals surface area contributed by atoms with Gasteiger partial charge in [0.05, 0.1) is 0 Å². The summed E-state index contributed by atoms with van der Waals surface area (Å²) in [6.45, 7) is 0. The average Bonchev–Trinajstić information content (AvgIpc) is 1.75. The van der Waals surface area contributed by atoms with Crippen LogP contribution in [0.4, 0.5) is 0 Å². The molecule has 0 N–H and O–H groups in total. The van der Waals surface area contributed by atoms with E-state index in [-0.39, 0.29) is 0 Å². The highest BCUT2D eigenvalue weighted by Gasteiger charge is 2.74. The molecule has 0 aromatic rings. The maximum Gasteiger partial charge on any atom is 0.488 e. The highest BCUT2D eigenvalue weighted by Crippen LogP contribution is 2.80. The molecule has 0 radical (unpaired) electrons. The van der Waals surface area contributed by atoms with Gasteiger partial charge < -0.3 is 4.79 Å². The number of carbonyl (C=O) groups excluding carboxylic acids is 1. The molecule has 0 spiro atoms. The van der Waals surface area contributed by atoms with E-state index in [0.29, 0.717) is 12.8 Å². The summed E-state index contributed by atoms with van der Waals surface area (Å²) in [5.41, 5.74) is 0. The molecular weight excluding hydrogens is 159 g/mol. The van der Waals surface area contributed by atoms with Gasteiger partial charge in [-0.3, -0.25) is 0 Å². The Balaban J connectivity index is 1.87. The molecular formula is C4H5O5P. The summed E-state index contributed by atoms with van der Waals surface area (Å²) < 4.78 is 24.5. The summed E-state index contributed by atoms with van der Waals surface area (Å²) in [6.07, 6.45) is 1.34. The van der Waals surface area contributed by atoms with Gasteiger partial charge in [-0.1, -0.05) is 0 Å². The minimum atomic E-state index is -3.04. The van der Waals surface area contributed by atoms with E-state index < -0.39 is 13.8 Å². The highest BCUT2D eigenvalue weighted by molar-refractivity contribution is 7.51. The lowest BCUT2D eigenvalue weighted by Crippen LogP contribution is -2.56. The van der Waals surface area contributed by atoms with Crippen molar-refractivity contribution in [3.8, 4) is 0 Å². The van der Waals surface area contributed by atoms with Crippen molar-refractivity contribution in [3.63, 3.8) is 0 Å². The first-order chi connectivity index (χ1) is 4.68. The van der Waals surface area contributed by atoms with Crippen molar-refractivity contribution in [1.82, 2.24) is 0 Å². The SMILES string of the molecule is O=CCCC12OP(=O)(O1)O2. The zero-order valence-corrected chi connectivity index (χ0v) is 5.87. The second kappa shape index (κ2) is 1.68. The maximum atomic E-state index is 10.5. The Kier molecular flexibility index (Phi) is 1.09. The molecule has 0 amide bonds. The van der Waals surface area contributed by atoms with Gasteiger partial charge in [0.15, 0.2) is 0 Å². The lowest BCUT2D eigenvalue weighted by molar-refractivity contribution is -0.429. The lowest BCUT2D eigenvalue weighted by atomic mass is 10.3. The Bertz CT molecular complexity index is 197. The summed E-state index contributed by atoms with van der Waals surface area (Å²) >= 11 is 0. The highest BCUT2D eigenvalue weighted by atomic mass is 31.2. The molecule has 0 aromatic carbocycles. The van der Waals surface area contributed by atoms with Gasteiger partial charge in [0.1, 0.15) is 6.29 Å². The third kappa shape index (κ3) is 0.689. The van der Waals surface area contributed by atoms with Crippen molar-refractivity contribution in [2.75, 3.05) is 0 Å². The molecule has 56 valence electrons. The molecule has 2 bridgehead atoms. The van der Waals surface area contributed by atoms with E-state index in [4.69, 9.17) is 0 Å². The second-order valence-corrected chi connectivity index (χ2v) is 3.55. The smallest absolute Gasteiger partial charge is 0.303 e. The fraction of sp³-hybridized carbons (Fsp3) is 0.750. The predicted molar refractivity (Wildman–Crippen MR) is 28.9 cm³/mol. The fourth-order valence-corrected chi connectivity index (χ4v) is 2.24. The molecule has 0 unspecified atom stereocenters. The number of phosphoric ester groups is 1. The van der Waals surface area contributed by atoms with Crippen LogP contribution in [0.5, 0.6) is 0 Å². The van der Waals surface area contributed by atoms with Gasteiger partial charge in [-0.15, -0.1) is 0 Å². The monoisotopic (exact) mass is 164 g/mol. The predicted octanol–water partition coefficient (Wildman–Crippen LogP) is 0.804. The molecule has 10 heavy (non-hydrogen) atoms. The van der Waals surface area contributed by atoms with Crippen molar-refractivity contribution < 1.29 is 22.9 Å².